The second-order valence-corrected chi connectivity index (χ2v) is 11.3. The van der Waals surface area contributed by atoms with Crippen LogP contribution in [-0.2, 0) is 11.8 Å². The van der Waals surface area contributed by atoms with Crippen molar-refractivity contribution in [2.45, 2.75) is 6.92 Å². The van der Waals surface area contributed by atoms with E-state index in [1.54, 1.807) is 0 Å². The van der Waals surface area contributed by atoms with Crippen LogP contribution in [0.3, 0.4) is 0 Å². The van der Waals surface area contributed by atoms with Gasteiger partial charge in [0.25, 0.3) is 0 Å². The molecule has 3 aromatic rings. The molecular weight excluding hydrogens is 367 g/mol. The van der Waals surface area contributed by atoms with Crippen molar-refractivity contribution in [1.29, 1.82) is 0 Å². The molecule has 0 saturated carbocycles. The van der Waals surface area contributed by atoms with E-state index in [-0.39, 0.29) is 0 Å². The van der Waals surface area contributed by atoms with Gasteiger partial charge >= 0.3 is 0 Å². The van der Waals surface area contributed by atoms with Crippen molar-refractivity contribution in [3.05, 3.63) is 108 Å². The van der Waals surface area contributed by atoms with E-state index < -0.39 is 6.04 Å². The highest BCUT2D eigenvalue weighted by Crippen LogP contribution is 2.56. The molecule has 3 aromatic carbocycles. The minimum absolute atomic E-state index is 0.912. The Kier molecular flexibility index (Phi) is 5.07. The summed E-state index contributed by atoms with van der Waals surface area (Å²) in [6, 6.07) is 29.1. The Morgan fingerprint density at radius 3 is 1.85 bits per heavy atom. The lowest BCUT2D eigenvalue weighted by Crippen LogP contribution is -2.22. The first-order chi connectivity index (χ1) is 13.2. The SMILES string of the molecule is CCP1(=S)C=C(c2ccccc2)N(c2ccccc2)N=C1c1ccccc1. The quantitative estimate of drug-likeness (QED) is 0.483. The number of benzene rings is 3. The molecule has 134 valence electrons. The molecule has 0 bridgehead atoms. The summed E-state index contributed by atoms with van der Waals surface area (Å²) in [6.45, 7) is 2.18. The molecule has 0 saturated heterocycles. The third kappa shape index (κ3) is 3.53. The first kappa shape index (κ1) is 17.9. The maximum Gasteiger partial charge on any atom is 0.105 e. The molecule has 4 heteroatoms. The molecule has 1 atom stereocenters. The van der Waals surface area contributed by atoms with Crippen LogP contribution in [0.1, 0.15) is 18.1 Å². The van der Waals surface area contributed by atoms with E-state index in [0.29, 0.717) is 0 Å². The Labute approximate surface area is 165 Å². The predicted molar refractivity (Wildman–Crippen MR) is 121 cm³/mol. The Balaban J connectivity index is 1.93. The summed E-state index contributed by atoms with van der Waals surface area (Å²) in [4.78, 5) is 0. The van der Waals surface area contributed by atoms with Gasteiger partial charge in [0.2, 0.25) is 0 Å². The number of rotatable bonds is 4. The van der Waals surface area contributed by atoms with Gasteiger partial charge in [0, 0.05) is 17.2 Å². The zero-order valence-corrected chi connectivity index (χ0v) is 16.9. The number of anilines is 1. The van der Waals surface area contributed by atoms with Crippen molar-refractivity contribution >= 4 is 34.7 Å². The van der Waals surface area contributed by atoms with Crippen LogP contribution in [0.2, 0.25) is 0 Å². The number of hydrogen-bond donors (Lipinski definition) is 0. The molecule has 0 radical (unpaired) electrons. The molecule has 0 aliphatic carbocycles. The van der Waals surface area contributed by atoms with Crippen LogP contribution in [0.4, 0.5) is 5.69 Å². The fourth-order valence-electron chi connectivity index (χ4n) is 3.21. The highest BCUT2D eigenvalue weighted by molar-refractivity contribution is 8.24. The molecule has 27 heavy (non-hydrogen) atoms. The molecule has 4 rings (SSSR count). The van der Waals surface area contributed by atoms with Gasteiger partial charge < -0.3 is 0 Å². The minimum Gasteiger partial charge on any atom is -0.232 e. The van der Waals surface area contributed by atoms with Gasteiger partial charge in [0.15, 0.2) is 0 Å². The third-order valence-electron chi connectivity index (χ3n) is 4.68. The van der Waals surface area contributed by atoms with Gasteiger partial charge in [-0.05, 0) is 24.1 Å². The van der Waals surface area contributed by atoms with Crippen molar-refractivity contribution in [2.24, 2.45) is 5.10 Å². The predicted octanol–water partition coefficient (Wildman–Crippen LogP) is 6.37. The van der Waals surface area contributed by atoms with E-state index in [0.717, 1.165) is 34.1 Å². The van der Waals surface area contributed by atoms with Crippen molar-refractivity contribution < 1.29 is 0 Å². The summed E-state index contributed by atoms with van der Waals surface area (Å²) in [5.74, 6) is 2.31. The fourth-order valence-corrected chi connectivity index (χ4v) is 6.02. The van der Waals surface area contributed by atoms with Crippen LogP contribution in [0.15, 0.2) is 102 Å². The van der Waals surface area contributed by atoms with Crippen molar-refractivity contribution in [3.63, 3.8) is 0 Å². The highest BCUT2D eigenvalue weighted by Gasteiger charge is 2.30. The standard InChI is InChI=1S/C23H21N2PS/c1-2-26(27)18-22(19-12-6-3-7-13-19)25(21-16-10-5-11-17-21)24-23(26)20-14-8-4-9-15-20/h3-18H,2H2,1H3. The molecule has 1 unspecified atom stereocenters. The summed E-state index contributed by atoms with van der Waals surface area (Å²) in [5.41, 5.74) is 5.40. The van der Waals surface area contributed by atoms with Gasteiger partial charge in [-0.2, -0.15) is 5.10 Å². The molecule has 1 aliphatic heterocycles. The normalized spacial score (nSPS) is 19.4. The monoisotopic (exact) mass is 388 g/mol. The zero-order valence-electron chi connectivity index (χ0n) is 15.2. The van der Waals surface area contributed by atoms with Gasteiger partial charge in [-0.25, -0.2) is 5.01 Å². The molecular formula is C23H21N2PS. The average Bonchev–Trinajstić information content (AvgIpc) is 2.75. The van der Waals surface area contributed by atoms with E-state index in [4.69, 9.17) is 16.9 Å². The zero-order chi connectivity index (χ0) is 18.7. The number of hydrazone groups is 1. The Morgan fingerprint density at radius 2 is 1.30 bits per heavy atom. The molecule has 0 amide bonds. The van der Waals surface area contributed by atoms with Crippen molar-refractivity contribution in [2.75, 3.05) is 11.2 Å². The summed E-state index contributed by atoms with van der Waals surface area (Å²) < 4.78 is 0. The molecule has 1 heterocycles. The molecule has 0 spiro atoms. The number of hydrogen-bond acceptors (Lipinski definition) is 3. The molecule has 0 fully saturated rings. The second-order valence-electron chi connectivity index (χ2n) is 6.43. The third-order valence-corrected chi connectivity index (χ3v) is 8.96. The summed E-state index contributed by atoms with van der Waals surface area (Å²) in [6.07, 6.45) is 0.912. The first-order valence-electron chi connectivity index (χ1n) is 9.08. The van der Waals surface area contributed by atoms with E-state index in [9.17, 15) is 0 Å². The van der Waals surface area contributed by atoms with Crippen molar-refractivity contribution in [3.8, 4) is 0 Å². The lowest BCUT2D eigenvalue weighted by molar-refractivity contribution is 1.09. The van der Waals surface area contributed by atoms with E-state index in [1.165, 1.54) is 0 Å². The molecule has 0 aromatic heterocycles. The topological polar surface area (TPSA) is 15.6 Å². The summed E-state index contributed by atoms with van der Waals surface area (Å²) >= 11 is 6.22. The van der Waals surface area contributed by atoms with Crippen LogP contribution in [0.5, 0.6) is 0 Å². The largest absolute Gasteiger partial charge is 0.232 e. The smallest absolute Gasteiger partial charge is 0.105 e. The van der Waals surface area contributed by atoms with Crippen LogP contribution in [-0.4, -0.2) is 11.6 Å². The Bertz CT molecular complexity index is 1030. The Morgan fingerprint density at radius 1 is 0.778 bits per heavy atom. The average molecular weight is 388 g/mol. The minimum atomic E-state index is -1.93. The van der Waals surface area contributed by atoms with Crippen LogP contribution in [0, 0.1) is 0 Å². The van der Waals surface area contributed by atoms with Gasteiger partial charge in [-0.1, -0.05) is 97.6 Å². The maximum atomic E-state index is 6.22. The summed E-state index contributed by atoms with van der Waals surface area (Å²) in [7, 11) is 0. The molecule has 2 nitrogen and oxygen atoms in total. The fraction of sp³-hybridized carbons (Fsp3) is 0.0870. The van der Waals surface area contributed by atoms with Gasteiger partial charge in [0.05, 0.1) is 11.4 Å². The van der Waals surface area contributed by atoms with Crippen LogP contribution in [0.25, 0.3) is 5.70 Å². The first-order valence-corrected chi connectivity index (χ1v) is 12.1. The molecule has 0 N–H and O–H groups in total. The lowest BCUT2D eigenvalue weighted by atomic mass is 10.1. The molecule has 1 aliphatic rings. The van der Waals surface area contributed by atoms with E-state index >= 15 is 0 Å². The van der Waals surface area contributed by atoms with E-state index in [1.807, 2.05) is 35.3 Å². The lowest BCUT2D eigenvalue weighted by Gasteiger charge is -2.33. The Hall–Kier alpha value is -2.48. The van der Waals surface area contributed by atoms with Gasteiger partial charge in [-0.15, -0.1) is 0 Å². The number of nitrogens with zero attached hydrogens (tertiary/aromatic N) is 2. The summed E-state index contributed by atoms with van der Waals surface area (Å²) in [5, 5.41) is 7.17. The number of para-hydroxylation sites is 1. The van der Waals surface area contributed by atoms with Gasteiger partial charge in [-0.3, -0.25) is 0 Å². The second kappa shape index (κ2) is 7.64. The maximum absolute atomic E-state index is 6.22. The van der Waals surface area contributed by atoms with Gasteiger partial charge in [0.1, 0.15) is 5.45 Å². The van der Waals surface area contributed by atoms with Crippen LogP contribution >= 0.6 is 6.04 Å². The highest BCUT2D eigenvalue weighted by atomic mass is 32.4. The van der Waals surface area contributed by atoms with Crippen molar-refractivity contribution in [1.82, 2.24) is 0 Å². The van der Waals surface area contributed by atoms with Crippen LogP contribution < -0.4 is 5.01 Å². The van der Waals surface area contributed by atoms with E-state index in [2.05, 4.69) is 73.4 Å².